The van der Waals surface area contributed by atoms with Crippen LogP contribution in [0.25, 0.3) is 0 Å². The maximum absolute atomic E-state index is 13.1. The third-order valence-corrected chi connectivity index (χ3v) is 6.64. The van der Waals surface area contributed by atoms with Crippen molar-refractivity contribution in [2.75, 3.05) is 18.4 Å². The van der Waals surface area contributed by atoms with E-state index in [0.29, 0.717) is 30.2 Å². The van der Waals surface area contributed by atoms with E-state index in [4.69, 9.17) is 0 Å². The number of rotatable bonds is 9. The molecule has 1 amide bonds. The van der Waals surface area contributed by atoms with E-state index in [0.717, 1.165) is 18.4 Å². The number of aromatic nitrogens is 2. The standard InChI is InChI=1S/C20H30N4O3S/c1-6-12-23(13-7-2)28(26,27)20-16(4)22-24(17(20)5)14-19(25)21-18-10-8-15(3)9-11-18/h8-11H,6-7,12-14H2,1-5H3,(H,21,25). The summed E-state index contributed by atoms with van der Waals surface area (Å²) < 4.78 is 29.3. The molecule has 0 atom stereocenters. The van der Waals surface area contributed by atoms with Crippen molar-refractivity contribution in [3.8, 4) is 0 Å². The largest absolute Gasteiger partial charge is 0.324 e. The molecule has 0 aliphatic rings. The number of nitrogens with zero attached hydrogens (tertiary/aromatic N) is 3. The van der Waals surface area contributed by atoms with Gasteiger partial charge in [-0.25, -0.2) is 8.42 Å². The Balaban J connectivity index is 2.24. The summed E-state index contributed by atoms with van der Waals surface area (Å²) in [4.78, 5) is 12.6. The van der Waals surface area contributed by atoms with Crippen LogP contribution in [0.1, 0.15) is 43.6 Å². The Morgan fingerprint density at radius 2 is 1.64 bits per heavy atom. The van der Waals surface area contributed by atoms with Crippen molar-refractivity contribution in [3.63, 3.8) is 0 Å². The fourth-order valence-corrected chi connectivity index (χ4v) is 5.16. The van der Waals surface area contributed by atoms with Crippen molar-refractivity contribution in [3.05, 3.63) is 41.2 Å². The first-order chi connectivity index (χ1) is 13.2. The molecule has 0 fully saturated rings. The fourth-order valence-electron chi connectivity index (χ4n) is 3.16. The lowest BCUT2D eigenvalue weighted by Gasteiger charge is -2.21. The number of hydrogen-bond acceptors (Lipinski definition) is 4. The number of hydrogen-bond donors (Lipinski definition) is 1. The van der Waals surface area contributed by atoms with Gasteiger partial charge in [-0.05, 0) is 45.7 Å². The smallest absolute Gasteiger partial charge is 0.246 e. The Hall–Kier alpha value is -2.19. The minimum atomic E-state index is -3.65. The van der Waals surface area contributed by atoms with Crippen LogP contribution in [0.4, 0.5) is 5.69 Å². The summed E-state index contributed by atoms with van der Waals surface area (Å²) in [5.41, 5.74) is 2.70. The first-order valence-electron chi connectivity index (χ1n) is 9.61. The van der Waals surface area contributed by atoms with Gasteiger partial charge in [0.2, 0.25) is 15.9 Å². The molecule has 0 aliphatic heterocycles. The van der Waals surface area contributed by atoms with E-state index in [1.54, 1.807) is 13.8 Å². The van der Waals surface area contributed by atoms with Crippen molar-refractivity contribution < 1.29 is 13.2 Å². The first kappa shape index (κ1) is 22.1. The number of anilines is 1. The van der Waals surface area contributed by atoms with Gasteiger partial charge >= 0.3 is 0 Å². The van der Waals surface area contributed by atoms with Crippen LogP contribution in [-0.2, 0) is 21.4 Å². The van der Waals surface area contributed by atoms with Gasteiger partial charge in [0.15, 0.2) is 0 Å². The Labute approximate surface area is 167 Å². The Morgan fingerprint density at radius 3 is 2.18 bits per heavy atom. The van der Waals surface area contributed by atoms with Gasteiger partial charge in [-0.2, -0.15) is 9.40 Å². The number of amides is 1. The molecular weight excluding hydrogens is 376 g/mol. The van der Waals surface area contributed by atoms with Crippen molar-refractivity contribution in [1.82, 2.24) is 14.1 Å². The summed E-state index contributed by atoms with van der Waals surface area (Å²) in [6.07, 6.45) is 1.48. The highest BCUT2D eigenvalue weighted by Gasteiger charge is 2.30. The second-order valence-electron chi connectivity index (χ2n) is 6.98. The van der Waals surface area contributed by atoms with Crippen LogP contribution in [-0.4, -0.2) is 41.5 Å². The number of carbonyl (C=O) groups is 1. The molecule has 28 heavy (non-hydrogen) atoms. The Kier molecular flexibility index (Phi) is 7.37. The molecule has 0 spiro atoms. The molecule has 2 aromatic rings. The van der Waals surface area contributed by atoms with E-state index >= 15 is 0 Å². The maximum Gasteiger partial charge on any atom is 0.246 e. The molecule has 7 nitrogen and oxygen atoms in total. The second-order valence-corrected chi connectivity index (χ2v) is 8.85. The maximum atomic E-state index is 13.1. The fraction of sp³-hybridized carbons (Fsp3) is 0.500. The Morgan fingerprint density at radius 1 is 1.07 bits per heavy atom. The Bertz CT molecular complexity index is 912. The van der Waals surface area contributed by atoms with Gasteiger partial charge in [-0.15, -0.1) is 0 Å². The molecule has 1 heterocycles. The highest BCUT2D eigenvalue weighted by Crippen LogP contribution is 2.24. The van der Waals surface area contributed by atoms with E-state index in [-0.39, 0.29) is 17.3 Å². The van der Waals surface area contributed by atoms with Gasteiger partial charge in [0.1, 0.15) is 11.4 Å². The highest BCUT2D eigenvalue weighted by atomic mass is 32.2. The third-order valence-electron chi connectivity index (χ3n) is 4.49. The topological polar surface area (TPSA) is 84.3 Å². The predicted molar refractivity (Wildman–Crippen MR) is 111 cm³/mol. The molecule has 0 unspecified atom stereocenters. The van der Waals surface area contributed by atoms with Crippen LogP contribution in [0, 0.1) is 20.8 Å². The number of carbonyl (C=O) groups excluding carboxylic acids is 1. The van der Waals surface area contributed by atoms with E-state index in [1.807, 2.05) is 45.0 Å². The molecule has 2 rings (SSSR count). The molecule has 0 saturated carbocycles. The van der Waals surface area contributed by atoms with Crippen LogP contribution in [0.2, 0.25) is 0 Å². The predicted octanol–water partition coefficient (Wildman–Crippen LogP) is 3.26. The summed E-state index contributed by atoms with van der Waals surface area (Å²) >= 11 is 0. The summed E-state index contributed by atoms with van der Waals surface area (Å²) in [6.45, 7) is 10.1. The summed E-state index contributed by atoms with van der Waals surface area (Å²) in [7, 11) is -3.65. The normalized spacial score (nSPS) is 11.8. The van der Waals surface area contributed by atoms with Crippen LogP contribution in [0.5, 0.6) is 0 Å². The monoisotopic (exact) mass is 406 g/mol. The molecule has 0 bridgehead atoms. The van der Waals surface area contributed by atoms with Crippen molar-refractivity contribution >= 4 is 21.6 Å². The lowest BCUT2D eigenvalue weighted by molar-refractivity contribution is -0.116. The summed E-state index contributed by atoms with van der Waals surface area (Å²) in [6, 6.07) is 7.49. The van der Waals surface area contributed by atoms with E-state index in [1.165, 1.54) is 8.99 Å². The molecule has 0 aliphatic carbocycles. The molecule has 1 aromatic heterocycles. The van der Waals surface area contributed by atoms with Crippen LogP contribution in [0.15, 0.2) is 29.2 Å². The molecule has 1 N–H and O–H groups in total. The first-order valence-corrected chi connectivity index (χ1v) is 11.0. The van der Waals surface area contributed by atoms with Gasteiger partial charge in [0.05, 0.1) is 11.4 Å². The van der Waals surface area contributed by atoms with Gasteiger partial charge in [0, 0.05) is 18.8 Å². The number of sulfonamides is 1. The molecule has 154 valence electrons. The zero-order valence-corrected chi connectivity index (χ0v) is 18.1. The van der Waals surface area contributed by atoms with Gasteiger partial charge in [-0.3, -0.25) is 9.48 Å². The molecular formula is C20H30N4O3S. The number of nitrogens with one attached hydrogen (secondary N) is 1. The minimum Gasteiger partial charge on any atom is -0.324 e. The number of benzene rings is 1. The molecule has 0 radical (unpaired) electrons. The van der Waals surface area contributed by atoms with Crippen LogP contribution >= 0.6 is 0 Å². The molecule has 0 saturated heterocycles. The van der Waals surface area contributed by atoms with Crippen molar-refractivity contribution in [2.24, 2.45) is 0 Å². The van der Waals surface area contributed by atoms with Crippen molar-refractivity contribution in [1.29, 1.82) is 0 Å². The zero-order chi connectivity index (χ0) is 20.9. The quantitative estimate of drug-likeness (QED) is 0.693. The lowest BCUT2D eigenvalue weighted by Crippen LogP contribution is -2.33. The van der Waals surface area contributed by atoms with Gasteiger partial charge < -0.3 is 5.32 Å². The van der Waals surface area contributed by atoms with Crippen LogP contribution < -0.4 is 5.32 Å². The van der Waals surface area contributed by atoms with Crippen LogP contribution in [0.3, 0.4) is 0 Å². The third kappa shape index (κ3) is 4.99. The van der Waals surface area contributed by atoms with Gasteiger partial charge in [-0.1, -0.05) is 31.5 Å². The van der Waals surface area contributed by atoms with E-state index < -0.39 is 10.0 Å². The number of aryl methyl sites for hydroxylation is 2. The van der Waals surface area contributed by atoms with Gasteiger partial charge in [0.25, 0.3) is 0 Å². The van der Waals surface area contributed by atoms with E-state index in [2.05, 4.69) is 10.4 Å². The second kappa shape index (κ2) is 9.34. The zero-order valence-electron chi connectivity index (χ0n) is 17.3. The van der Waals surface area contributed by atoms with E-state index in [9.17, 15) is 13.2 Å². The lowest BCUT2D eigenvalue weighted by atomic mass is 10.2. The molecule has 8 heteroatoms. The highest BCUT2D eigenvalue weighted by molar-refractivity contribution is 7.89. The molecule has 1 aromatic carbocycles. The minimum absolute atomic E-state index is 0.0440. The average molecular weight is 407 g/mol. The average Bonchev–Trinajstić information content (AvgIpc) is 2.90. The van der Waals surface area contributed by atoms with Crippen molar-refractivity contribution in [2.45, 2.75) is 58.9 Å². The summed E-state index contributed by atoms with van der Waals surface area (Å²) in [5.74, 6) is -0.252. The SMILES string of the molecule is CCCN(CCC)S(=O)(=O)c1c(C)nn(CC(=O)Nc2ccc(C)cc2)c1C. The summed E-state index contributed by atoms with van der Waals surface area (Å²) in [5, 5.41) is 7.14.